The van der Waals surface area contributed by atoms with Gasteiger partial charge in [-0.3, -0.25) is 4.72 Å². The van der Waals surface area contributed by atoms with E-state index in [2.05, 4.69) is 41.2 Å². The maximum atomic E-state index is 11.3. The van der Waals surface area contributed by atoms with Gasteiger partial charge in [-0.2, -0.15) is 0 Å². The molecule has 1 unspecified atom stereocenters. The number of sulfonamides is 1. The molecule has 0 aliphatic carbocycles. The highest BCUT2D eigenvalue weighted by atomic mass is 32.2. The Bertz CT molecular complexity index is 756. The molecule has 2 aromatic carbocycles. The van der Waals surface area contributed by atoms with Crippen molar-refractivity contribution >= 4 is 21.8 Å². The number of hydrogen-bond acceptors (Lipinski definition) is 3. The minimum Gasteiger partial charge on any atom is -0.307 e. The van der Waals surface area contributed by atoms with Gasteiger partial charge in [0, 0.05) is 18.3 Å². The molecule has 0 saturated heterocycles. The van der Waals surface area contributed by atoms with Gasteiger partial charge in [0.1, 0.15) is 0 Å². The molecule has 5 heteroatoms. The van der Waals surface area contributed by atoms with Gasteiger partial charge in [-0.1, -0.05) is 54.6 Å². The maximum absolute atomic E-state index is 11.3. The van der Waals surface area contributed by atoms with Gasteiger partial charge in [-0.15, -0.1) is 0 Å². The summed E-state index contributed by atoms with van der Waals surface area (Å²) in [4.78, 5) is 0. The summed E-state index contributed by atoms with van der Waals surface area (Å²) in [6.45, 7) is 2.79. The molecule has 0 radical (unpaired) electrons. The third-order valence-corrected chi connectivity index (χ3v) is 3.95. The smallest absolute Gasteiger partial charge is 0.229 e. The molecule has 2 N–H and O–H groups in total. The fourth-order valence-corrected chi connectivity index (χ4v) is 2.76. The van der Waals surface area contributed by atoms with Crippen LogP contribution in [-0.2, 0) is 10.0 Å². The predicted octanol–water partition coefficient (Wildman–Crippen LogP) is 3.42. The molecule has 122 valence electrons. The van der Waals surface area contributed by atoms with Gasteiger partial charge in [0.2, 0.25) is 10.0 Å². The Balaban J connectivity index is 1.92. The summed E-state index contributed by atoms with van der Waals surface area (Å²) in [5, 5.41) is 3.40. The van der Waals surface area contributed by atoms with Crippen molar-refractivity contribution in [2.24, 2.45) is 0 Å². The van der Waals surface area contributed by atoms with Crippen molar-refractivity contribution in [2.75, 3.05) is 17.5 Å². The van der Waals surface area contributed by atoms with Crippen molar-refractivity contribution in [2.45, 2.75) is 13.0 Å². The average Bonchev–Trinajstić information content (AvgIpc) is 2.51. The van der Waals surface area contributed by atoms with Crippen molar-refractivity contribution in [3.8, 4) is 0 Å². The Hall–Kier alpha value is -2.11. The van der Waals surface area contributed by atoms with E-state index >= 15 is 0 Å². The molecule has 0 saturated carbocycles. The molecule has 0 aromatic heterocycles. The quantitative estimate of drug-likeness (QED) is 0.818. The summed E-state index contributed by atoms with van der Waals surface area (Å²) < 4.78 is 25.1. The molecule has 0 heterocycles. The Morgan fingerprint density at radius 1 is 1.09 bits per heavy atom. The lowest BCUT2D eigenvalue weighted by molar-refractivity contribution is 0.606. The van der Waals surface area contributed by atoms with Crippen LogP contribution in [0.5, 0.6) is 0 Å². The van der Waals surface area contributed by atoms with E-state index in [4.69, 9.17) is 0 Å². The monoisotopic (exact) mass is 330 g/mol. The summed E-state index contributed by atoms with van der Waals surface area (Å²) in [6, 6.07) is 17.7. The van der Waals surface area contributed by atoms with Gasteiger partial charge in [0.05, 0.1) is 6.26 Å². The van der Waals surface area contributed by atoms with Crippen molar-refractivity contribution in [1.82, 2.24) is 5.32 Å². The van der Waals surface area contributed by atoms with Gasteiger partial charge in [0.25, 0.3) is 0 Å². The molecular formula is C18H22N2O2S. The van der Waals surface area contributed by atoms with Crippen LogP contribution in [0.4, 0.5) is 5.69 Å². The van der Waals surface area contributed by atoms with Crippen molar-refractivity contribution in [1.29, 1.82) is 0 Å². The second-order valence-electron chi connectivity index (χ2n) is 5.44. The zero-order valence-corrected chi connectivity index (χ0v) is 14.2. The first kappa shape index (κ1) is 17.2. The summed E-state index contributed by atoms with van der Waals surface area (Å²) in [5.41, 5.74) is 2.78. The lowest BCUT2D eigenvalue weighted by Gasteiger charge is -2.14. The van der Waals surface area contributed by atoms with Crippen LogP contribution in [-0.4, -0.2) is 21.2 Å². The van der Waals surface area contributed by atoms with Crippen LogP contribution in [0.15, 0.2) is 60.7 Å². The molecule has 1 atom stereocenters. The van der Waals surface area contributed by atoms with E-state index in [1.807, 2.05) is 36.4 Å². The molecule has 4 nitrogen and oxygen atoms in total. The second-order valence-corrected chi connectivity index (χ2v) is 7.19. The van der Waals surface area contributed by atoms with Gasteiger partial charge < -0.3 is 5.32 Å². The molecule has 0 aliphatic heterocycles. The average molecular weight is 330 g/mol. The lowest BCUT2D eigenvalue weighted by atomic mass is 10.1. The fraction of sp³-hybridized carbons (Fsp3) is 0.222. The number of benzene rings is 2. The third kappa shape index (κ3) is 6.26. The Kier molecular flexibility index (Phi) is 5.96. The number of hydrogen-bond donors (Lipinski definition) is 2. The summed E-state index contributed by atoms with van der Waals surface area (Å²) in [6.07, 6.45) is 5.29. The first-order valence-corrected chi connectivity index (χ1v) is 9.36. The number of anilines is 1. The highest BCUT2D eigenvalue weighted by Crippen LogP contribution is 2.18. The van der Waals surface area contributed by atoms with Gasteiger partial charge in [0.15, 0.2) is 0 Å². The normalized spacial score (nSPS) is 13.1. The fourth-order valence-electron chi connectivity index (χ4n) is 2.21. The zero-order chi connectivity index (χ0) is 16.7. The highest BCUT2D eigenvalue weighted by Gasteiger charge is 2.06. The lowest BCUT2D eigenvalue weighted by Crippen LogP contribution is -2.18. The van der Waals surface area contributed by atoms with Crippen molar-refractivity contribution < 1.29 is 8.42 Å². The molecule has 0 amide bonds. The zero-order valence-electron chi connectivity index (χ0n) is 13.4. The van der Waals surface area contributed by atoms with Gasteiger partial charge >= 0.3 is 0 Å². The van der Waals surface area contributed by atoms with Crippen LogP contribution < -0.4 is 10.0 Å². The van der Waals surface area contributed by atoms with E-state index in [0.29, 0.717) is 5.69 Å². The van der Waals surface area contributed by atoms with E-state index in [1.54, 1.807) is 6.07 Å². The molecule has 2 aromatic rings. The molecule has 0 aliphatic rings. The largest absolute Gasteiger partial charge is 0.307 e. The summed E-state index contributed by atoms with van der Waals surface area (Å²) in [7, 11) is -3.25. The van der Waals surface area contributed by atoms with E-state index in [1.165, 1.54) is 5.56 Å². The van der Waals surface area contributed by atoms with Crippen LogP contribution in [0.25, 0.3) is 6.08 Å². The highest BCUT2D eigenvalue weighted by molar-refractivity contribution is 7.92. The van der Waals surface area contributed by atoms with Crippen LogP contribution >= 0.6 is 0 Å². The molecule has 0 bridgehead atoms. The standard InChI is InChI=1S/C18H22N2O2S/c1-15(19-13-7-10-16-8-4-3-5-9-16)17-11-6-12-18(14-17)20-23(2,21)22/h3-12,14-15,19-20H,13H2,1-2H3/b10-7+. The first-order valence-electron chi connectivity index (χ1n) is 7.47. The van der Waals surface area contributed by atoms with E-state index in [-0.39, 0.29) is 6.04 Å². The first-order chi connectivity index (χ1) is 10.9. The minimum atomic E-state index is -3.25. The summed E-state index contributed by atoms with van der Waals surface area (Å²) >= 11 is 0. The molecule has 2 rings (SSSR count). The van der Waals surface area contributed by atoms with Crippen LogP contribution in [0, 0.1) is 0 Å². The SMILES string of the molecule is CC(NC/C=C/c1ccccc1)c1cccc(NS(C)(=O)=O)c1. The number of nitrogens with one attached hydrogen (secondary N) is 2. The predicted molar refractivity (Wildman–Crippen MR) is 96.8 cm³/mol. The number of rotatable bonds is 7. The van der Waals surface area contributed by atoms with Crippen LogP contribution in [0.2, 0.25) is 0 Å². The summed E-state index contributed by atoms with van der Waals surface area (Å²) in [5.74, 6) is 0. The molecule has 23 heavy (non-hydrogen) atoms. The topological polar surface area (TPSA) is 58.2 Å². The Morgan fingerprint density at radius 2 is 1.83 bits per heavy atom. The van der Waals surface area contributed by atoms with E-state index < -0.39 is 10.0 Å². The Labute approximate surface area is 138 Å². The second kappa shape index (κ2) is 7.94. The van der Waals surface area contributed by atoms with Crippen molar-refractivity contribution in [3.05, 3.63) is 71.8 Å². The minimum absolute atomic E-state index is 0.122. The van der Waals surface area contributed by atoms with Crippen LogP contribution in [0.3, 0.4) is 0 Å². The molecule has 0 fully saturated rings. The maximum Gasteiger partial charge on any atom is 0.229 e. The van der Waals surface area contributed by atoms with E-state index in [9.17, 15) is 8.42 Å². The molecule has 0 spiro atoms. The third-order valence-electron chi connectivity index (χ3n) is 3.34. The van der Waals surface area contributed by atoms with Gasteiger partial charge in [-0.05, 0) is 30.2 Å². The van der Waals surface area contributed by atoms with Gasteiger partial charge in [-0.25, -0.2) is 8.42 Å². The molecular weight excluding hydrogens is 308 g/mol. The van der Waals surface area contributed by atoms with Crippen molar-refractivity contribution in [3.63, 3.8) is 0 Å². The van der Waals surface area contributed by atoms with E-state index in [0.717, 1.165) is 18.4 Å². The van der Waals surface area contributed by atoms with Crippen LogP contribution in [0.1, 0.15) is 24.1 Å². The Morgan fingerprint density at radius 3 is 2.52 bits per heavy atom.